The number of aromatic nitrogens is 4. The van der Waals surface area contributed by atoms with Crippen molar-refractivity contribution in [3.05, 3.63) is 53.5 Å². The molecule has 3 aromatic rings. The molecule has 38 heavy (non-hydrogen) atoms. The maximum Gasteiger partial charge on any atom is 0.255 e. The van der Waals surface area contributed by atoms with Gasteiger partial charge >= 0.3 is 0 Å². The Kier molecular flexibility index (Phi) is 6.95. The number of hydrogen-bond acceptors (Lipinski definition) is 6. The molecule has 2 fully saturated rings. The number of anilines is 1. The summed E-state index contributed by atoms with van der Waals surface area (Å²) in [5.74, 6) is 5.96. The van der Waals surface area contributed by atoms with Crippen molar-refractivity contribution >= 4 is 28.7 Å². The largest absolute Gasteiger partial charge is 0.383 e. The maximum absolute atomic E-state index is 12.5. The first-order chi connectivity index (χ1) is 18.4. The average molecular weight is 516 g/mol. The summed E-state index contributed by atoms with van der Waals surface area (Å²) in [6.07, 6.45) is 7.45. The predicted octanol–water partition coefficient (Wildman–Crippen LogP) is 2.78. The molecule has 1 aliphatic carbocycles. The molecule has 1 aliphatic heterocycles. The van der Waals surface area contributed by atoms with Gasteiger partial charge in [-0.2, -0.15) is 5.10 Å². The summed E-state index contributed by atoms with van der Waals surface area (Å²) < 4.78 is 9.32. The Morgan fingerprint density at radius 3 is 2.71 bits per heavy atom. The summed E-state index contributed by atoms with van der Waals surface area (Å²) in [5.41, 5.74) is 10.2. The lowest BCUT2D eigenvalue weighted by Gasteiger charge is -2.27. The number of ether oxygens (including phenoxy) is 1. The molecule has 1 unspecified atom stereocenters. The van der Waals surface area contributed by atoms with Crippen LogP contribution in [0.25, 0.3) is 11.0 Å². The Hall–Kier alpha value is -4.10. The third kappa shape index (κ3) is 4.43. The fourth-order valence-electron chi connectivity index (χ4n) is 5.46. The fourth-order valence-corrected chi connectivity index (χ4v) is 5.46. The first-order valence-electron chi connectivity index (χ1n) is 12.9. The van der Waals surface area contributed by atoms with Gasteiger partial charge in [-0.05, 0) is 62.3 Å². The SMILES string of the molecule is C=CC(=O)N1CC(n2nc(C#Cc3cc4ncn(C5CCC5)c4cc3C)c(C(N)=O)c2NC)C[C@@H]1COC. The van der Waals surface area contributed by atoms with Crippen LogP contribution >= 0.6 is 0 Å². The smallest absolute Gasteiger partial charge is 0.255 e. The summed E-state index contributed by atoms with van der Waals surface area (Å²) in [5, 5.41) is 7.78. The molecule has 1 saturated heterocycles. The first-order valence-corrected chi connectivity index (χ1v) is 12.9. The van der Waals surface area contributed by atoms with Crippen molar-refractivity contribution in [2.75, 3.05) is 32.6 Å². The molecule has 2 aromatic heterocycles. The summed E-state index contributed by atoms with van der Waals surface area (Å²) in [6, 6.07) is 4.30. The van der Waals surface area contributed by atoms with Gasteiger partial charge in [0, 0.05) is 32.3 Å². The van der Waals surface area contributed by atoms with Crippen LogP contribution in [0.1, 0.15) is 64.9 Å². The number of hydrogen-bond donors (Lipinski definition) is 2. The molecule has 10 nitrogen and oxygen atoms in total. The zero-order valence-electron chi connectivity index (χ0n) is 22.0. The highest BCUT2D eigenvalue weighted by atomic mass is 16.5. The van der Waals surface area contributed by atoms with Gasteiger partial charge in [-0.1, -0.05) is 12.5 Å². The lowest BCUT2D eigenvalue weighted by atomic mass is 9.93. The van der Waals surface area contributed by atoms with Gasteiger partial charge in [0.25, 0.3) is 5.91 Å². The second-order valence-corrected chi connectivity index (χ2v) is 9.97. The highest BCUT2D eigenvalue weighted by Gasteiger charge is 2.37. The van der Waals surface area contributed by atoms with E-state index in [0.29, 0.717) is 31.4 Å². The molecule has 0 radical (unpaired) electrons. The molecule has 3 N–H and O–H groups in total. The summed E-state index contributed by atoms with van der Waals surface area (Å²) in [7, 11) is 3.31. The number of aryl methyl sites for hydroxylation is 1. The summed E-state index contributed by atoms with van der Waals surface area (Å²) in [6.45, 7) is 6.43. The number of rotatable bonds is 7. The van der Waals surface area contributed by atoms with Crippen molar-refractivity contribution in [2.24, 2.45) is 5.73 Å². The van der Waals surface area contributed by atoms with Crippen molar-refractivity contribution in [2.45, 2.75) is 50.7 Å². The minimum absolute atomic E-state index is 0.134. The van der Waals surface area contributed by atoms with E-state index in [1.165, 1.54) is 25.3 Å². The number of nitrogens with two attached hydrogens (primary N) is 1. The van der Waals surface area contributed by atoms with Crippen LogP contribution < -0.4 is 11.1 Å². The summed E-state index contributed by atoms with van der Waals surface area (Å²) >= 11 is 0. The zero-order chi connectivity index (χ0) is 27.0. The van der Waals surface area contributed by atoms with E-state index in [4.69, 9.17) is 15.6 Å². The van der Waals surface area contributed by atoms with Crippen molar-refractivity contribution in [1.82, 2.24) is 24.2 Å². The normalized spacial score (nSPS) is 19.2. The van der Waals surface area contributed by atoms with E-state index in [2.05, 4.69) is 39.4 Å². The molecule has 2 atom stereocenters. The van der Waals surface area contributed by atoms with Gasteiger partial charge in [0.05, 0.1) is 36.1 Å². The minimum atomic E-state index is -0.623. The highest BCUT2D eigenvalue weighted by Crippen LogP contribution is 2.35. The molecule has 1 saturated carbocycles. The molecule has 1 aromatic carbocycles. The third-order valence-corrected chi connectivity index (χ3v) is 7.65. The van der Waals surface area contributed by atoms with Gasteiger partial charge in [-0.3, -0.25) is 9.59 Å². The molecule has 10 heteroatoms. The number of fused-ring (bicyclic) bond motifs is 1. The Labute approximate surface area is 221 Å². The second-order valence-electron chi connectivity index (χ2n) is 9.97. The van der Waals surface area contributed by atoms with E-state index in [1.807, 2.05) is 19.3 Å². The van der Waals surface area contributed by atoms with Crippen LogP contribution in [-0.4, -0.2) is 69.4 Å². The van der Waals surface area contributed by atoms with E-state index in [0.717, 1.165) is 22.2 Å². The number of carbonyl (C=O) groups excluding carboxylic acids is 2. The van der Waals surface area contributed by atoms with Crippen LogP contribution in [-0.2, 0) is 9.53 Å². The second kappa shape index (κ2) is 10.3. The number of carbonyl (C=O) groups is 2. The van der Waals surface area contributed by atoms with Gasteiger partial charge in [-0.15, -0.1) is 0 Å². The molecule has 5 rings (SSSR count). The zero-order valence-corrected chi connectivity index (χ0v) is 22.0. The van der Waals surface area contributed by atoms with E-state index >= 15 is 0 Å². The van der Waals surface area contributed by atoms with Crippen LogP contribution in [0.5, 0.6) is 0 Å². The molecule has 0 bridgehead atoms. The Bertz CT molecular complexity index is 1470. The number of primary amides is 1. The van der Waals surface area contributed by atoms with Crippen LogP contribution in [0, 0.1) is 18.8 Å². The van der Waals surface area contributed by atoms with E-state index < -0.39 is 5.91 Å². The van der Waals surface area contributed by atoms with Crippen molar-refractivity contribution < 1.29 is 14.3 Å². The number of nitrogens with one attached hydrogen (secondary N) is 1. The molecule has 2 amide bonds. The highest BCUT2D eigenvalue weighted by molar-refractivity contribution is 6.00. The molecule has 0 spiro atoms. The average Bonchev–Trinajstić information content (AvgIpc) is 3.56. The van der Waals surface area contributed by atoms with Crippen LogP contribution in [0.4, 0.5) is 5.82 Å². The third-order valence-electron chi connectivity index (χ3n) is 7.65. The number of amides is 2. The number of methoxy groups -OCH3 is 1. The molecule has 198 valence electrons. The number of likely N-dealkylation sites (tertiary alicyclic amines) is 1. The van der Waals surface area contributed by atoms with Gasteiger partial charge in [-0.25, -0.2) is 9.67 Å². The molecule has 3 heterocycles. The lowest BCUT2D eigenvalue weighted by molar-refractivity contribution is -0.127. The standard InChI is InChI=1S/C28H33N7O3/c1-5-25(36)33-14-20(13-21(33)15-38-4)35-28(30-3)26(27(29)37)22(32-35)10-9-18-12-23-24(11-17(18)2)34(16-31-23)19-7-6-8-19/h5,11-12,16,19-21,30H,1,6-8,13-15H2,2-4H3,(H2,29,37)/t20?,21-/m1/s1. The Balaban J connectivity index is 1.51. The number of nitrogens with zero attached hydrogens (tertiary/aromatic N) is 5. The Morgan fingerprint density at radius 1 is 1.29 bits per heavy atom. The quantitative estimate of drug-likeness (QED) is 0.369. The predicted molar refractivity (Wildman–Crippen MR) is 145 cm³/mol. The van der Waals surface area contributed by atoms with Gasteiger partial charge in [0.15, 0.2) is 5.69 Å². The minimum Gasteiger partial charge on any atom is -0.383 e. The van der Waals surface area contributed by atoms with Crippen molar-refractivity contribution in [3.8, 4) is 11.8 Å². The van der Waals surface area contributed by atoms with E-state index in [1.54, 1.807) is 23.7 Å². The van der Waals surface area contributed by atoms with Crippen molar-refractivity contribution in [1.29, 1.82) is 0 Å². The van der Waals surface area contributed by atoms with Crippen LogP contribution in [0.2, 0.25) is 0 Å². The van der Waals surface area contributed by atoms with E-state index in [9.17, 15) is 9.59 Å². The fraction of sp³-hybridized carbons (Fsp3) is 0.429. The topological polar surface area (TPSA) is 120 Å². The number of benzene rings is 1. The first kappa shape index (κ1) is 25.5. The van der Waals surface area contributed by atoms with Crippen LogP contribution in [0.15, 0.2) is 31.1 Å². The van der Waals surface area contributed by atoms with E-state index in [-0.39, 0.29) is 29.2 Å². The maximum atomic E-state index is 12.5. The molecule has 2 aliphatic rings. The molecular weight excluding hydrogens is 482 g/mol. The van der Waals surface area contributed by atoms with Crippen LogP contribution in [0.3, 0.4) is 0 Å². The van der Waals surface area contributed by atoms with Crippen molar-refractivity contribution in [3.63, 3.8) is 0 Å². The van der Waals surface area contributed by atoms with Gasteiger partial charge in [0.1, 0.15) is 11.4 Å². The number of imidazole rings is 1. The Morgan fingerprint density at radius 2 is 2.08 bits per heavy atom. The van der Waals surface area contributed by atoms with Gasteiger partial charge in [0.2, 0.25) is 5.91 Å². The summed E-state index contributed by atoms with van der Waals surface area (Å²) in [4.78, 5) is 31.3. The van der Waals surface area contributed by atoms with Gasteiger partial charge < -0.3 is 25.3 Å². The monoisotopic (exact) mass is 515 g/mol. The lowest BCUT2D eigenvalue weighted by Crippen LogP contribution is -2.37. The molecular formula is C28H33N7O3.